The lowest BCUT2D eigenvalue weighted by Gasteiger charge is -2.10. The second kappa shape index (κ2) is 6.90. The van der Waals surface area contributed by atoms with Crippen molar-refractivity contribution in [3.05, 3.63) is 53.0 Å². The number of hydrogen-bond acceptors (Lipinski definition) is 5. The Bertz CT molecular complexity index is 971. The Morgan fingerprint density at radius 1 is 1.20 bits per heavy atom. The largest absolute Gasteiger partial charge is 0.464 e. The molecule has 6 nitrogen and oxygen atoms in total. The second-order valence-corrected chi connectivity index (χ2v) is 6.37. The Morgan fingerprint density at radius 2 is 2.00 bits per heavy atom. The number of amides is 1. The van der Waals surface area contributed by atoms with Crippen LogP contribution in [0.4, 0.5) is 5.69 Å². The summed E-state index contributed by atoms with van der Waals surface area (Å²) in [6.45, 7) is 1.44. The van der Waals surface area contributed by atoms with E-state index in [1.165, 1.54) is 25.4 Å². The van der Waals surface area contributed by atoms with E-state index in [2.05, 4.69) is 5.32 Å². The Hall–Kier alpha value is -2.93. The molecule has 25 heavy (non-hydrogen) atoms. The summed E-state index contributed by atoms with van der Waals surface area (Å²) in [7, 11) is 1.31. The first-order valence-corrected chi connectivity index (χ1v) is 8.43. The smallest absolute Gasteiger partial charge is 0.354 e. The predicted molar refractivity (Wildman–Crippen MR) is 96.2 cm³/mol. The van der Waals surface area contributed by atoms with Crippen molar-refractivity contribution < 1.29 is 19.1 Å². The molecule has 0 saturated carbocycles. The number of methoxy groups -OCH3 is 1. The van der Waals surface area contributed by atoms with Crippen LogP contribution < -0.4 is 5.32 Å². The van der Waals surface area contributed by atoms with Crippen molar-refractivity contribution >= 4 is 44.9 Å². The highest BCUT2D eigenvalue weighted by Gasteiger charge is 2.19. The number of aromatic nitrogens is 1. The van der Waals surface area contributed by atoms with Crippen molar-refractivity contribution in [3.8, 4) is 0 Å². The van der Waals surface area contributed by atoms with E-state index in [1.807, 2.05) is 11.4 Å². The van der Waals surface area contributed by atoms with Gasteiger partial charge in [-0.25, -0.2) is 4.79 Å². The van der Waals surface area contributed by atoms with Crippen molar-refractivity contribution in [3.63, 3.8) is 0 Å². The molecule has 0 atom stereocenters. The van der Waals surface area contributed by atoms with Crippen LogP contribution in [0, 0.1) is 0 Å². The van der Waals surface area contributed by atoms with Gasteiger partial charge in [0.2, 0.25) is 5.91 Å². The van der Waals surface area contributed by atoms with Gasteiger partial charge in [0, 0.05) is 16.6 Å². The normalized spacial score (nSPS) is 10.6. The third-order valence-electron chi connectivity index (χ3n) is 3.75. The number of thiophene rings is 1. The van der Waals surface area contributed by atoms with Crippen LogP contribution in [-0.2, 0) is 16.1 Å². The molecule has 0 unspecified atom stereocenters. The summed E-state index contributed by atoms with van der Waals surface area (Å²) < 4.78 is 6.43. The highest BCUT2D eigenvalue weighted by Crippen LogP contribution is 2.26. The van der Waals surface area contributed by atoms with Crippen molar-refractivity contribution in [2.75, 3.05) is 12.4 Å². The molecule has 0 radical (unpaired) electrons. The minimum Gasteiger partial charge on any atom is -0.464 e. The average Bonchev–Trinajstić information content (AvgIpc) is 3.17. The first kappa shape index (κ1) is 16.9. The van der Waals surface area contributed by atoms with Gasteiger partial charge in [-0.3, -0.25) is 9.59 Å². The summed E-state index contributed by atoms with van der Waals surface area (Å²) >= 11 is 1.45. The number of fused-ring (bicyclic) bond motifs is 1. The van der Waals surface area contributed by atoms with Crippen LogP contribution in [0.25, 0.3) is 10.2 Å². The third kappa shape index (κ3) is 3.46. The molecular weight excluding hydrogens is 340 g/mol. The predicted octanol–water partition coefficient (Wildman–Crippen LogP) is 3.33. The van der Waals surface area contributed by atoms with E-state index in [1.54, 1.807) is 34.9 Å². The van der Waals surface area contributed by atoms with Gasteiger partial charge in [0.1, 0.15) is 17.1 Å². The van der Waals surface area contributed by atoms with E-state index in [0.29, 0.717) is 16.9 Å². The molecule has 2 heterocycles. The first-order chi connectivity index (χ1) is 12.0. The highest BCUT2D eigenvalue weighted by atomic mass is 32.1. The lowest BCUT2D eigenvalue weighted by atomic mass is 10.1. The van der Waals surface area contributed by atoms with E-state index >= 15 is 0 Å². The highest BCUT2D eigenvalue weighted by molar-refractivity contribution is 7.16. The SMILES string of the molecule is COC(=O)c1cc2ccsc2n1CC(=O)Nc1cccc(C(C)=O)c1. The van der Waals surface area contributed by atoms with Crippen LogP contribution in [0.15, 0.2) is 41.8 Å². The number of Topliss-reactive ketones (excluding diaryl/α,β-unsaturated/α-hetero) is 1. The van der Waals surface area contributed by atoms with Crippen LogP contribution in [0.2, 0.25) is 0 Å². The van der Waals surface area contributed by atoms with Crippen LogP contribution in [0.1, 0.15) is 27.8 Å². The number of hydrogen-bond donors (Lipinski definition) is 1. The molecule has 1 amide bonds. The number of esters is 1. The zero-order valence-corrected chi connectivity index (χ0v) is 14.6. The van der Waals surface area contributed by atoms with Crippen molar-refractivity contribution in [2.45, 2.75) is 13.5 Å². The molecule has 0 aliphatic rings. The fourth-order valence-electron chi connectivity index (χ4n) is 2.57. The van der Waals surface area contributed by atoms with E-state index in [-0.39, 0.29) is 18.2 Å². The standard InChI is InChI=1S/C18H16N2O4S/c1-11(21)12-4-3-5-14(8-12)19-16(22)10-20-15(18(23)24-2)9-13-6-7-25-17(13)20/h3-9H,10H2,1-2H3,(H,19,22). The number of rotatable bonds is 5. The molecule has 0 fully saturated rings. The minimum absolute atomic E-state index is 0.0290. The number of ether oxygens (including phenoxy) is 1. The van der Waals surface area contributed by atoms with Gasteiger partial charge in [-0.1, -0.05) is 12.1 Å². The van der Waals surface area contributed by atoms with Gasteiger partial charge in [0.25, 0.3) is 0 Å². The van der Waals surface area contributed by atoms with Crippen LogP contribution >= 0.6 is 11.3 Å². The summed E-state index contributed by atoms with van der Waals surface area (Å²) in [4.78, 5) is 36.6. The summed E-state index contributed by atoms with van der Waals surface area (Å²) in [5, 5.41) is 5.54. The van der Waals surface area contributed by atoms with Gasteiger partial charge >= 0.3 is 5.97 Å². The van der Waals surface area contributed by atoms with Crippen LogP contribution in [0.3, 0.4) is 0 Å². The van der Waals surface area contributed by atoms with Gasteiger partial charge in [-0.2, -0.15) is 0 Å². The Morgan fingerprint density at radius 3 is 2.72 bits per heavy atom. The third-order valence-corrected chi connectivity index (χ3v) is 4.70. The number of carbonyl (C=O) groups excluding carboxylic acids is 3. The molecule has 0 spiro atoms. The number of anilines is 1. The van der Waals surface area contributed by atoms with E-state index in [4.69, 9.17) is 4.74 Å². The fourth-order valence-corrected chi connectivity index (χ4v) is 3.46. The lowest BCUT2D eigenvalue weighted by molar-refractivity contribution is -0.116. The summed E-state index contributed by atoms with van der Waals surface area (Å²) in [6.07, 6.45) is 0. The first-order valence-electron chi connectivity index (χ1n) is 7.55. The second-order valence-electron chi connectivity index (χ2n) is 5.47. The van der Waals surface area contributed by atoms with Gasteiger partial charge in [-0.05, 0) is 36.6 Å². The van der Waals surface area contributed by atoms with Crippen molar-refractivity contribution in [1.29, 1.82) is 0 Å². The van der Waals surface area contributed by atoms with Crippen LogP contribution in [-0.4, -0.2) is 29.3 Å². The van der Waals surface area contributed by atoms with Crippen molar-refractivity contribution in [2.24, 2.45) is 0 Å². The molecule has 3 aromatic rings. The Kier molecular flexibility index (Phi) is 4.67. The Labute approximate surface area is 148 Å². The summed E-state index contributed by atoms with van der Waals surface area (Å²) in [6, 6.07) is 10.3. The zero-order valence-electron chi connectivity index (χ0n) is 13.7. The molecule has 2 aromatic heterocycles. The number of ketones is 1. The molecule has 3 rings (SSSR count). The maximum atomic E-state index is 12.4. The van der Waals surface area contributed by atoms with Gasteiger partial charge in [-0.15, -0.1) is 11.3 Å². The Balaban J connectivity index is 1.84. The molecular formula is C18H16N2O4S. The fraction of sp³-hybridized carbons (Fsp3) is 0.167. The molecule has 128 valence electrons. The van der Waals surface area contributed by atoms with E-state index < -0.39 is 5.97 Å². The monoisotopic (exact) mass is 356 g/mol. The molecule has 0 saturated heterocycles. The number of nitrogens with one attached hydrogen (secondary N) is 1. The summed E-state index contributed by atoms with van der Waals surface area (Å²) in [5.74, 6) is -0.860. The van der Waals surface area contributed by atoms with E-state index in [0.717, 1.165) is 10.2 Å². The maximum absolute atomic E-state index is 12.4. The average molecular weight is 356 g/mol. The van der Waals surface area contributed by atoms with E-state index in [9.17, 15) is 14.4 Å². The lowest BCUT2D eigenvalue weighted by Crippen LogP contribution is -2.21. The molecule has 0 aliphatic carbocycles. The molecule has 0 bridgehead atoms. The number of nitrogens with zero attached hydrogens (tertiary/aromatic N) is 1. The summed E-state index contributed by atoms with van der Waals surface area (Å²) in [5.41, 5.74) is 1.39. The number of benzene rings is 1. The van der Waals surface area contributed by atoms with Gasteiger partial charge in [0.05, 0.1) is 7.11 Å². The minimum atomic E-state index is -0.491. The van der Waals surface area contributed by atoms with Crippen molar-refractivity contribution in [1.82, 2.24) is 4.57 Å². The number of carbonyl (C=O) groups is 3. The maximum Gasteiger partial charge on any atom is 0.354 e. The molecule has 1 aromatic carbocycles. The topological polar surface area (TPSA) is 77.4 Å². The molecule has 0 aliphatic heterocycles. The molecule has 7 heteroatoms. The van der Waals surface area contributed by atoms with Gasteiger partial charge < -0.3 is 14.6 Å². The molecule has 1 N–H and O–H groups in total. The van der Waals surface area contributed by atoms with Gasteiger partial charge in [0.15, 0.2) is 5.78 Å². The zero-order chi connectivity index (χ0) is 18.0. The quantitative estimate of drug-likeness (QED) is 0.562. The van der Waals surface area contributed by atoms with Crippen LogP contribution in [0.5, 0.6) is 0 Å².